The van der Waals surface area contributed by atoms with Gasteiger partial charge in [0.15, 0.2) is 11.6 Å². The van der Waals surface area contributed by atoms with Gasteiger partial charge in [-0.05, 0) is 58.3 Å². The molecule has 0 amide bonds. The van der Waals surface area contributed by atoms with Gasteiger partial charge in [-0.2, -0.15) is 0 Å². The highest BCUT2D eigenvalue weighted by atomic mass is 15.0. The average molecular weight is 590 g/mol. The molecule has 8 aromatic rings. The molecule has 0 unspecified atom stereocenters. The zero-order valence-electron chi connectivity index (χ0n) is 24.8. The predicted octanol–water partition coefficient (Wildman–Crippen LogP) is 9.82. The first kappa shape index (κ1) is 27.2. The molecule has 3 aromatic heterocycles. The lowest BCUT2D eigenvalue weighted by Crippen LogP contribution is -1.99. The number of rotatable bonds is 6. The molecule has 0 saturated heterocycles. The Kier molecular flexibility index (Phi) is 7.09. The minimum absolute atomic E-state index is 0.540. The van der Waals surface area contributed by atoms with Crippen LogP contribution in [0.3, 0.4) is 0 Å². The van der Waals surface area contributed by atoms with Crippen molar-refractivity contribution in [1.29, 1.82) is 0 Å². The maximum Gasteiger partial charge on any atom is 0.179 e. The van der Waals surface area contributed by atoms with Gasteiger partial charge in [-0.15, -0.1) is 0 Å². The van der Waals surface area contributed by atoms with Gasteiger partial charge in [0.1, 0.15) is 11.4 Å². The van der Waals surface area contributed by atoms with Gasteiger partial charge in [-0.3, -0.25) is 0 Å². The molecule has 0 aliphatic rings. The lowest BCUT2D eigenvalue weighted by atomic mass is 9.99. The lowest BCUT2D eigenvalue weighted by Gasteiger charge is -2.10. The van der Waals surface area contributed by atoms with Crippen LogP contribution in [0.1, 0.15) is 0 Å². The highest BCUT2D eigenvalue weighted by Crippen LogP contribution is 2.30. The molecule has 0 atom stereocenters. The molecule has 0 aliphatic heterocycles. The summed E-state index contributed by atoms with van der Waals surface area (Å²) in [5.41, 5.74) is 9.14. The molecule has 216 valence electrons. The molecule has 0 spiro atoms. The maximum absolute atomic E-state index is 4.96. The summed E-state index contributed by atoms with van der Waals surface area (Å²) in [5.74, 6) is 1.08. The van der Waals surface area contributed by atoms with E-state index in [-0.39, 0.29) is 0 Å². The number of fused-ring (bicyclic) bond motifs is 1. The number of aromatic nitrogens is 5. The number of pyridine rings is 1. The molecule has 5 aromatic carbocycles. The van der Waals surface area contributed by atoms with Crippen LogP contribution in [0, 0.1) is 0 Å². The fourth-order valence-electron chi connectivity index (χ4n) is 5.63. The molecule has 46 heavy (non-hydrogen) atoms. The van der Waals surface area contributed by atoms with Crippen LogP contribution in [-0.2, 0) is 0 Å². The van der Waals surface area contributed by atoms with Gasteiger partial charge in [-0.25, -0.2) is 24.9 Å². The summed E-state index contributed by atoms with van der Waals surface area (Å²) in [6, 6.07) is 53.5. The maximum atomic E-state index is 4.96. The van der Waals surface area contributed by atoms with E-state index >= 15 is 0 Å². The summed E-state index contributed by atoms with van der Waals surface area (Å²) in [5, 5.41) is 2.45. The van der Waals surface area contributed by atoms with E-state index in [2.05, 4.69) is 96.0 Å². The first-order chi connectivity index (χ1) is 22.8. The van der Waals surface area contributed by atoms with E-state index in [1.807, 2.05) is 66.7 Å². The van der Waals surface area contributed by atoms with E-state index in [9.17, 15) is 0 Å². The third kappa shape index (κ3) is 5.53. The Balaban J connectivity index is 1.16. The van der Waals surface area contributed by atoms with Crippen LogP contribution < -0.4 is 0 Å². The van der Waals surface area contributed by atoms with Crippen LogP contribution in [0.25, 0.3) is 78.7 Å². The first-order valence-corrected chi connectivity index (χ1v) is 15.2. The van der Waals surface area contributed by atoms with Gasteiger partial charge in [0.2, 0.25) is 0 Å². The minimum Gasteiger partial charge on any atom is -0.241 e. The third-order valence-electron chi connectivity index (χ3n) is 7.97. The minimum atomic E-state index is 0.540. The predicted molar refractivity (Wildman–Crippen MR) is 186 cm³/mol. The van der Waals surface area contributed by atoms with E-state index in [0.29, 0.717) is 23.0 Å². The van der Waals surface area contributed by atoms with Crippen molar-refractivity contribution in [2.75, 3.05) is 0 Å². The number of nitrogens with zero attached hydrogens (tertiary/aromatic N) is 5. The van der Waals surface area contributed by atoms with Crippen molar-refractivity contribution in [1.82, 2.24) is 24.9 Å². The average Bonchev–Trinajstić information content (AvgIpc) is 3.15. The van der Waals surface area contributed by atoms with Crippen LogP contribution >= 0.6 is 0 Å². The topological polar surface area (TPSA) is 64.5 Å². The van der Waals surface area contributed by atoms with Crippen LogP contribution in [0.4, 0.5) is 0 Å². The van der Waals surface area contributed by atoms with Gasteiger partial charge < -0.3 is 0 Å². The summed E-state index contributed by atoms with van der Waals surface area (Å²) in [6.45, 7) is 0. The van der Waals surface area contributed by atoms with E-state index in [1.165, 1.54) is 10.8 Å². The van der Waals surface area contributed by atoms with Crippen LogP contribution in [0.15, 0.2) is 164 Å². The largest absolute Gasteiger partial charge is 0.241 e. The van der Waals surface area contributed by atoms with Crippen molar-refractivity contribution >= 4 is 10.8 Å². The van der Waals surface area contributed by atoms with Gasteiger partial charge in [-0.1, -0.05) is 121 Å². The molecule has 0 fully saturated rings. The van der Waals surface area contributed by atoms with Gasteiger partial charge >= 0.3 is 0 Å². The Hall–Kier alpha value is -6.33. The van der Waals surface area contributed by atoms with Gasteiger partial charge in [0.05, 0.1) is 17.1 Å². The molecule has 8 rings (SSSR count). The van der Waals surface area contributed by atoms with Crippen molar-refractivity contribution in [2.45, 2.75) is 0 Å². The van der Waals surface area contributed by atoms with E-state index in [4.69, 9.17) is 19.9 Å². The summed E-state index contributed by atoms with van der Waals surface area (Å²) >= 11 is 0. The Labute approximate surface area is 267 Å². The molecule has 5 nitrogen and oxygen atoms in total. The molecule has 3 heterocycles. The number of hydrogen-bond donors (Lipinski definition) is 0. The van der Waals surface area contributed by atoms with Gasteiger partial charge in [0, 0.05) is 22.9 Å². The smallest absolute Gasteiger partial charge is 0.179 e. The second kappa shape index (κ2) is 12.0. The lowest BCUT2D eigenvalue weighted by molar-refractivity contribution is 1.12. The molecule has 0 aliphatic carbocycles. The Morgan fingerprint density at radius 2 is 0.848 bits per heavy atom. The normalized spacial score (nSPS) is 11.0. The molecule has 0 saturated carbocycles. The highest BCUT2D eigenvalue weighted by Gasteiger charge is 2.14. The summed E-state index contributed by atoms with van der Waals surface area (Å²) in [6.07, 6.45) is 1.79. The first-order valence-electron chi connectivity index (χ1n) is 15.2. The monoisotopic (exact) mass is 589 g/mol. The fourth-order valence-corrected chi connectivity index (χ4v) is 5.63. The highest BCUT2D eigenvalue weighted by molar-refractivity contribution is 5.88. The van der Waals surface area contributed by atoms with Crippen LogP contribution in [0.2, 0.25) is 0 Å². The molecule has 0 N–H and O–H groups in total. The summed E-state index contributed by atoms with van der Waals surface area (Å²) in [4.78, 5) is 24.4. The van der Waals surface area contributed by atoms with Gasteiger partial charge in [0.25, 0.3) is 0 Å². The Bertz CT molecular complexity index is 2260. The standard InChI is InChI=1S/C41H27N5/c1-3-12-29(13-4-1)38-27-39(30-14-5-2-6-15-30)46-41(45-38)37-20-10-19-36(43-37)40-42-24-23-35(44-40)34-18-9-17-32(26-34)33-22-21-28-11-7-8-16-31(28)25-33/h1-27H. The molecular weight excluding hydrogens is 562 g/mol. The second-order valence-electron chi connectivity index (χ2n) is 11.0. The van der Waals surface area contributed by atoms with E-state index in [0.717, 1.165) is 44.9 Å². The van der Waals surface area contributed by atoms with E-state index < -0.39 is 0 Å². The Morgan fingerprint density at radius 1 is 0.283 bits per heavy atom. The molecule has 0 bridgehead atoms. The van der Waals surface area contributed by atoms with Crippen molar-refractivity contribution in [3.63, 3.8) is 0 Å². The van der Waals surface area contributed by atoms with Crippen molar-refractivity contribution < 1.29 is 0 Å². The fraction of sp³-hybridized carbons (Fsp3) is 0. The number of hydrogen-bond acceptors (Lipinski definition) is 5. The van der Waals surface area contributed by atoms with Crippen molar-refractivity contribution in [3.05, 3.63) is 164 Å². The molecular formula is C41H27N5. The SMILES string of the molecule is c1ccc(-c2cc(-c3ccccc3)nc(-c3cccc(-c4nccc(-c5cccc(-c6ccc7ccccc7c6)c5)n4)n3)n2)cc1. The zero-order valence-corrected chi connectivity index (χ0v) is 24.8. The zero-order chi connectivity index (χ0) is 30.7. The Morgan fingerprint density at radius 3 is 1.59 bits per heavy atom. The molecule has 0 radical (unpaired) electrons. The van der Waals surface area contributed by atoms with Crippen LogP contribution in [-0.4, -0.2) is 24.9 Å². The van der Waals surface area contributed by atoms with Crippen molar-refractivity contribution in [3.8, 4) is 67.9 Å². The van der Waals surface area contributed by atoms with E-state index in [1.54, 1.807) is 6.20 Å². The van der Waals surface area contributed by atoms with Crippen LogP contribution in [0.5, 0.6) is 0 Å². The number of benzene rings is 5. The third-order valence-corrected chi connectivity index (χ3v) is 7.97. The second-order valence-corrected chi connectivity index (χ2v) is 11.0. The summed E-state index contributed by atoms with van der Waals surface area (Å²) < 4.78 is 0. The quantitative estimate of drug-likeness (QED) is 0.193. The van der Waals surface area contributed by atoms with Crippen molar-refractivity contribution in [2.24, 2.45) is 0 Å². The summed E-state index contributed by atoms with van der Waals surface area (Å²) in [7, 11) is 0. The molecule has 5 heteroatoms.